The minimum atomic E-state index is -0.302. The first-order chi connectivity index (χ1) is 10.4. The number of furan rings is 1. The van der Waals surface area contributed by atoms with Crippen molar-refractivity contribution in [3.63, 3.8) is 0 Å². The van der Waals surface area contributed by atoms with Crippen LogP contribution in [0.25, 0.3) is 0 Å². The largest absolute Gasteiger partial charge is 0.459 e. The van der Waals surface area contributed by atoms with E-state index in [0.29, 0.717) is 25.2 Å². The van der Waals surface area contributed by atoms with Gasteiger partial charge in [-0.25, -0.2) is 0 Å². The molecular weight excluding hydrogens is 282 g/mol. The van der Waals surface area contributed by atoms with Crippen LogP contribution in [-0.4, -0.2) is 48.4 Å². The Morgan fingerprint density at radius 3 is 2.36 bits per heavy atom. The highest BCUT2D eigenvalue weighted by atomic mass is 16.3. The summed E-state index contributed by atoms with van der Waals surface area (Å²) >= 11 is 0. The molecule has 0 fully saturated rings. The SMILES string of the molecule is CC(C)N(CCNC(=O)CCNC(=O)c1ccco1)C(C)C. The summed E-state index contributed by atoms with van der Waals surface area (Å²) < 4.78 is 4.97. The van der Waals surface area contributed by atoms with Gasteiger partial charge >= 0.3 is 0 Å². The smallest absolute Gasteiger partial charge is 0.286 e. The number of hydrogen-bond donors (Lipinski definition) is 2. The van der Waals surface area contributed by atoms with Crippen molar-refractivity contribution in [2.24, 2.45) is 0 Å². The van der Waals surface area contributed by atoms with Crippen LogP contribution in [0.2, 0.25) is 0 Å². The van der Waals surface area contributed by atoms with Gasteiger partial charge in [0.2, 0.25) is 5.91 Å². The molecule has 1 heterocycles. The number of nitrogens with one attached hydrogen (secondary N) is 2. The Hall–Kier alpha value is -1.82. The fourth-order valence-corrected chi connectivity index (χ4v) is 2.31. The van der Waals surface area contributed by atoms with E-state index in [1.54, 1.807) is 12.1 Å². The van der Waals surface area contributed by atoms with Crippen molar-refractivity contribution < 1.29 is 14.0 Å². The van der Waals surface area contributed by atoms with E-state index < -0.39 is 0 Å². The lowest BCUT2D eigenvalue weighted by Crippen LogP contribution is -2.42. The lowest BCUT2D eigenvalue weighted by Gasteiger charge is -2.30. The first kappa shape index (κ1) is 18.2. The van der Waals surface area contributed by atoms with Crippen LogP contribution in [0.3, 0.4) is 0 Å². The lowest BCUT2D eigenvalue weighted by atomic mass is 10.2. The average Bonchev–Trinajstić information content (AvgIpc) is 2.96. The van der Waals surface area contributed by atoms with E-state index in [0.717, 1.165) is 6.54 Å². The quantitative estimate of drug-likeness (QED) is 0.727. The zero-order valence-electron chi connectivity index (χ0n) is 13.9. The molecule has 6 heteroatoms. The first-order valence-corrected chi connectivity index (χ1v) is 7.76. The van der Waals surface area contributed by atoms with Gasteiger partial charge in [0, 0.05) is 38.1 Å². The number of carbonyl (C=O) groups excluding carboxylic acids is 2. The molecule has 0 bridgehead atoms. The third-order valence-corrected chi connectivity index (χ3v) is 3.40. The first-order valence-electron chi connectivity index (χ1n) is 7.76. The second kappa shape index (κ2) is 9.25. The summed E-state index contributed by atoms with van der Waals surface area (Å²) in [5.41, 5.74) is 0. The summed E-state index contributed by atoms with van der Waals surface area (Å²) in [5.74, 6) is -0.110. The molecule has 22 heavy (non-hydrogen) atoms. The Labute approximate surface area is 132 Å². The molecule has 2 N–H and O–H groups in total. The van der Waals surface area contributed by atoms with E-state index in [-0.39, 0.29) is 24.0 Å². The highest BCUT2D eigenvalue weighted by molar-refractivity contribution is 5.91. The molecule has 0 aliphatic carbocycles. The standard InChI is InChI=1S/C16H27N3O3/c1-12(2)19(13(3)4)10-9-17-15(20)7-8-18-16(21)14-6-5-11-22-14/h5-6,11-13H,7-10H2,1-4H3,(H,17,20)(H,18,21). The normalized spacial score (nSPS) is 11.2. The minimum absolute atomic E-state index is 0.0628. The summed E-state index contributed by atoms with van der Waals surface area (Å²) in [7, 11) is 0. The second-order valence-corrected chi connectivity index (χ2v) is 5.76. The van der Waals surface area contributed by atoms with Gasteiger partial charge in [0.15, 0.2) is 5.76 Å². The Morgan fingerprint density at radius 2 is 1.82 bits per heavy atom. The van der Waals surface area contributed by atoms with Gasteiger partial charge in [0.1, 0.15) is 0 Å². The zero-order valence-corrected chi connectivity index (χ0v) is 13.9. The van der Waals surface area contributed by atoms with Crippen LogP contribution < -0.4 is 10.6 Å². The molecule has 0 spiro atoms. The molecule has 0 unspecified atom stereocenters. The highest BCUT2D eigenvalue weighted by Crippen LogP contribution is 2.03. The molecule has 0 aliphatic heterocycles. The van der Waals surface area contributed by atoms with Crippen LogP contribution in [-0.2, 0) is 4.79 Å². The summed E-state index contributed by atoms with van der Waals surface area (Å²) in [6, 6.07) is 4.13. The maximum absolute atomic E-state index is 11.7. The predicted molar refractivity (Wildman–Crippen MR) is 85.6 cm³/mol. The van der Waals surface area contributed by atoms with E-state index in [4.69, 9.17) is 4.42 Å². The number of rotatable bonds is 9. The van der Waals surface area contributed by atoms with Gasteiger partial charge in [-0.15, -0.1) is 0 Å². The van der Waals surface area contributed by atoms with Crippen molar-refractivity contribution in [1.82, 2.24) is 15.5 Å². The van der Waals surface area contributed by atoms with E-state index >= 15 is 0 Å². The number of hydrogen-bond acceptors (Lipinski definition) is 4. The molecule has 0 saturated heterocycles. The summed E-state index contributed by atoms with van der Waals surface area (Å²) in [5, 5.41) is 5.52. The van der Waals surface area contributed by atoms with Crippen molar-refractivity contribution >= 4 is 11.8 Å². The third-order valence-electron chi connectivity index (χ3n) is 3.40. The monoisotopic (exact) mass is 309 g/mol. The Kier molecular flexibility index (Phi) is 7.66. The lowest BCUT2D eigenvalue weighted by molar-refractivity contribution is -0.121. The topological polar surface area (TPSA) is 74.6 Å². The third kappa shape index (κ3) is 6.30. The van der Waals surface area contributed by atoms with E-state index in [9.17, 15) is 9.59 Å². The van der Waals surface area contributed by atoms with Crippen molar-refractivity contribution in [2.45, 2.75) is 46.2 Å². The fraction of sp³-hybridized carbons (Fsp3) is 0.625. The number of nitrogens with zero attached hydrogens (tertiary/aromatic N) is 1. The van der Waals surface area contributed by atoms with Gasteiger partial charge in [0.05, 0.1) is 6.26 Å². The van der Waals surface area contributed by atoms with E-state index in [1.165, 1.54) is 6.26 Å². The van der Waals surface area contributed by atoms with Crippen molar-refractivity contribution in [2.75, 3.05) is 19.6 Å². The van der Waals surface area contributed by atoms with Crippen molar-refractivity contribution in [1.29, 1.82) is 0 Å². The molecule has 1 aromatic rings. The molecule has 0 radical (unpaired) electrons. The maximum Gasteiger partial charge on any atom is 0.286 e. The maximum atomic E-state index is 11.7. The molecule has 1 rings (SSSR count). The van der Waals surface area contributed by atoms with E-state index in [2.05, 4.69) is 43.2 Å². The molecule has 0 saturated carbocycles. The molecule has 0 atom stereocenters. The zero-order chi connectivity index (χ0) is 16.5. The highest BCUT2D eigenvalue weighted by Gasteiger charge is 2.13. The molecule has 0 aliphatic rings. The fourth-order valence-electron chi connectivity index (χ4n) is 2.31. The van der Waals surface area contributed by atoms with Gasteiger partial charge < -0.3 is 15.1 Å². The summed E-state index contributed by atoms with van der Waals surface area (Å²) in [6.07, 6.45) is 1.70. The summed E-state index contributed by atoms with van der Waals surface area (Å²) in [6.45, 7) is 10.3. The van der Waals surface area contributed by atoms with Gasteiger partial charge in [-0.2, -0.15) is 0 Å². The number of amides is 2. The van der Waals surface area contributed by atoms with Gasteiger partial charge in [-0.1, -0.05) is 0 Å². The van der Waals surface area contributed by atoms with Crippen molar-refractivity contribution in [3.8, 4) is 0 Å². The summed E-state index contributed by atoms with van der Waals surface area (Å²) in [4.78, 5) is 25.6. The average molecular weight is 309 g/mol. The van der Waals surface area contributed by atoms with Crippen LogP contribution >= 0.6 is 0 Å². The predicted octanol–water partition coefficient (Wildman–Crippen LogP) is 1.63. The Bertz CT molecular complexity index is 447. The Balaban J connectivity index is 2.17. The molecule has 2 amide bonds. The van der Waals surface area contributed by atoms with Crippen LogP contribution in [0.15, 0.2) is 22.8 Å². The minimum Gasteiger partial charge on any atom is -0.459 e. The van der Waals surface area contributed by atoms with Crippen LogP contribution in [0, 0.1) is 0 Å². The Morgan fingerprint density at radius 1 is 1.14 bits per heavy atom. The number of carbonyl (C=O) groups is 2. The molecular formula is C16H27N3O3. The molecule has 0 aromatic carbocycles. The van der Waals surface area contributed by atoms with Gasteiger partial charge in [0.25, 0.3) is 5.91 Å². The van der Waals surface area contributed by atoms with E-state index in [1.807, 2.05) is 0 Å². The molecule has 124 valence electrons. The van der Waals surface area contributed by atoms with Crippen LogP contribution in [0.1, 0.15) is 44.7 Å². The van der Waals surface area contributed by atoms with Gasteiger partial charge in [-0.3, -0.25) is 14.5 Å². The van der Waals surface area contributed by atoms with Crippen molar-refractivity contribution in [3.05, 3.63) is 24.2 Å². The van der Waals surface area contributed by atoms with Gasteiger partial charge in [-0.05, 0) is 39.8 Å². The molecule has 6 nitrogen and oxygen atoms in total. The van der Waals surface area contributed by atoms with Crippen LogP contribution in [0.4, 0.5) is 0 Å². The van der Waals surface area contributed by atoms with Crippen LogP contribution in [0.5, 0.6) is 0 Å². The molecule has 1 aromatic heterocycles. The second-order valence-electron chi connectivity index (χ2n) is 5.76.